The van der Waals surface area contributed by atoms with Crippen molar-refractivity contribution < 1.29 is 24.5 Å². The largest absolute Gasteiger partial charge is 0.508 e. The number of amides is 1. The van der Waals surface area contributed by atoms with Crippen LogP contribution in [0.1, 0.15) is 28.8 Å². The molecule has 0 saturated carbocycles. The summed E-state index contributed by atoms with van der Waals surface area (Å²) < 4.78 is 5.34. The summed E-state index contributed by atoms with van der Waals surface area (Å²) in [4.78, 5) is 26.4. The van der Waals surface area contributed by atoms with Gasteiger partial charge in [0.25, 0.3) is 5.91 Å². The third kappa shape index (κ3) is 3.74. The lowest BCUT2D eigenvalue weighted by Gasteiger charge is -2.23. The highest BCUT2D eigenvalue weighted by Gasteiger charge is 2.36. The lowest BCUT2D eigenvalue weighted by atomic mass is 10.1. The van der Waals surface area contributed by atoms with E-state index in [1.807, 2.05) is 30.3 Å². The zero-order valence-electron chi connectivity index (χ0n) is 13.6. The maximum atomic E-state index is 12.6. The van der Waals surface area contributed by atoms with Crippen LogP contribution in [0.3, 0.4) is 0 Å². The van der Waals surface area contributed by atoms with Gasteiger partial charge in [-0.05, 0) is 30.5 Å². The van der Waals surface area contributed by atoms with Crippen LogP contribution in [-0.4, -0.2) is 39.6 Å². The van der Waals surface area contributed by atoms with Gasteiger partial charge in [-0.25, -0.2) is 4.79 Å². The maximum absolute atomic E-state index is 12.6. The molecule has 130 valence electrons. The Morgan fingerprint density at radius 3 is 2.60 bits per heavy atom. The molecule has 0 radical (unpaired) electrons. The molecule has 2 aromatic rings. The van der Waals surface area contributed by atoms with Crippen LogP contribution in [-0.2, 0) is 16.1 Å². The first-order chi connectivity index (χ1) is 12.1. The molecule has 3 rings (SSSR count). The molecule has 1 aliphatic rings. The minimum Gasteiger partial charge on any atom is -0.508 e. The lowest BCUT2D eigenvalue weighted by molar-refractivity contribution is -0.149. The molecule has 1 heterocycles. The number of esters is 1. The van der Waals surface area contributed by atoms with Crippen LogP contribution in [0.15, 0.2) is 48.5 Å². The van der Waals surface area contributed by atoms with Crippen molar-refractivity contribution in [3.05, 3.63) is 59.7 Å². The molecule has 0 aromatic heterocycles. The SMILES string of the molecule is O=C(OCc1ccccc1)[C@@H]1CCCN1C(=O)c1ccc(O)cc1O. The van der Waals surface area contributed by atoms with Crippen molar-refractivity contribution >= 4 is 11.9 Å². The molecule has 6 heteroatoms. The van der Waals surface area contributed by atoms with E-state index >= 15 is 0 Å². The van der Waals surface area contributed by atoms with E-state index in [4.69, 9.17) is 4.74 Å². The van der Waals surface area contributed by atoms with E-state index in [0.29, 0.717) is 19.4 Å². The van der Waals surface area contributed by atoms with Gasteiger partial charge in [-0.1, -0.05) is 30.3 Å². The molecule has 0 aliphatic carbocycles. The number of rotatable bonds is 4. The first kappa shape index (κ1) is 16.8. The van der Waals surface area contributed by atoms with Gasteiger partial charge in [-0.2, -0.15) is 0 Å². The molecule has 0 spiro atoms. The molecule has 1 atom stereocenters. The molecule has 1 aliphatic heterocycles. The maximum Gasteiger partial charge on any atom is 0.329 e. The predicted octanol–water partition coefficient (Wildman–Crippen LogP) is 2.45. The van der Waals surface area contributed by atoms with E-state index in [1.54, 1.807) is 0 Å². The molecular formula is C19H19NO5. The number of carbonyl (C=O) groups excluding carboxylic acids is 2. The molecule has 25 heavy (non-hydrogen) atoms. The number of carbonyl (C=O) groups is 2. The summed E-state index contributed by atoms with van der Waals surface area (Å²) in [6.07, 6.45) is 1.22. The predicted molar refractivity (Wildman–Crippen MR) is 90.1 cm³/mol. The van der Waals surface area contributed by atoms with Crippen molar-refractivity contribution in [2.24, 2.45) is 0 Å². The molecule has 1 fully saturated rings. The fraction of sp³-hybridized carbons (Fsp3) is 0.263. The Kier molecular flexibility index (Phi) is 4.88. The third-order valence-electron chi connectivity index (χ3n) is 4.22. The fourth-order valence-corrected chi connectivity index (χ4v) is 2.94. The van der Waals surface area contributed by atoms with Crippen LogP contribution in [0, 0.1) is 0 Å². The molecule has 2 N–H and O–H groups in total. The summed E-state index contributed by atoms with van der Waals surface area (Å²) in [5, 5.41) is 19.2. The van der Waals surface area contributed by atoms with Crippen molar-refractivity contribution in [1.29, 1.82) is 0 Å². The minimum atomic E-state index is -0.663. The smallest absolute Gasteiger partial charge is 0.329 e. The highest BCUT2D eigenvalue weighted by molar-refractivity contribution is 5.99. The standard InChI is InChI=1S/C19H19NO5/c21-14-8-9-15(17(22)11-14)18(23)20-10-4-7-16(20)19(24)25-12-13-5-2-1-3-6-13/h1-3,5-6,8-9,11,16,21-22H,4,7,10,12H2/t16-/m0/s1. The van der Waals surface area contributed by atoms with Crippen molar-refractivity contribution in [3.63, 3.8) is 0 Å². The van der Waals surface area contributed by atoms with E-state index in [0.717, 1.165) is 11.6 Å². The monoisotopic (exact) mass is 341 g/mol. The molecule has 2 aromatic carbocycles. The summed E-state index contributed by atoms with van der Waals surface area (Å²) in [5.41, 5.74) is 0.934. The van der Waals surface area contributed by atoms with Gasteiger partial charge >= 0.3 is 5.97 Å². The van der Waals surface area contributed by atoms with Crippen LogP contribution in [0.4, 0.5) is 0 Å². The number of nitrogens with zero attached hydrogens (tertiary/aromatic N) is 1. The van der Waals surface area contributed by atoms with Gasteiger partial charge in [-0.15, -0.1) is 0 Å². The third-order valence-corrected chi connectivity index (χ3v) is 4.22. The number of phenolic OH excluding ortho intramolecular Hbond substituents is 2. The Bertz CT molecular complexity index is 775. The second-order valence-electron chi connectivity index (χ2n) is 5.95. The van der Waals surface area contributed by atoms with Crippen LogP contribution in [0.5, 0.6) is 11.5 Å². The van der Waals surface area contributed by atoms with Crippen LogP contribution in [0.25, 0.3) is 0 Å². The lowest BCUT2D eigenvalue weighted by Crippen LogP contribution is -2.41. The number of aromatic hydroxyl groups is 2. The Labute approximate surface area is 145 Å². The number of hydrogen-bond donors (Lipinski definition) is 2. The Balaban J connectivity index is 1.69. The topological polar surface area (TPSA) is 87.1 Å². The van der Waals surface area contributed by atoms with Gasteiger partial charge in [0.05, 0.1) is 5.56 Å². The van der Waals surface area contributed by atoms with Gasteiger partial charge in [0.1, 0.15) is 24.1 Å². The molecular weight excluding hydrogens is 322 g/mol. The van der Waals surface area contributed by atoms with E-state index in [2.05, 4.69) is 0 Å². The summed E-state index contributed by atoms with van der Waals surface area (Å²) >= 11 is 0. The number of hydrogen-bond acceptors (Lipinski definition) is 5. The minimum absolute atomic E-state index is 0.0561. The first-order valence-electron chi connectivity index (χ1n) is 8.10. The zero-order valence-corrected chi connectivity index (χ0v) is 13.6. The number of likely N-dealkylation sites (tertiary alicyclic amines) is 1. The first-order valence-corrected chi connectivity index (χ1v) is 8.10. The number of benzene rings is 2. The van der Waals surface area contributed by atoms with Crippen molar-refractivity contribution in [1.82, 2.24) is 4.90 Å². The molecule has 1 amide bonds. The quantitative estimate of drug-likeness (QED) is 0.834. The highest BCUT2D eigenvalue weighted by Crippen LogP contribution is 2.27. The summed E-state index contributed by atoms with van der Waals surface area (Å²) in [5.74, 6) is -1.34. The van der Waals surface area contributed by atoms with Crippen molar-refractivity contribution in [3.8, 4) is 11.5 Å². The van der Waals surface area contributed by atoms with Crippen molar-refractivity contribution in [2.45, 2.75) is 25.5 Å². The Hall–Kier alpha value is -3.02. The Morgan fingerprint density at radius 1 is 1.12 bits per heavy atom. The average Bonchev–Trinajstić information content (AvgIpc) is 3.10. The highest BCUT2D eigenvalue weighted by atomic mass is 16.5. The Morgan fingerprint density at radius 2 is 1.88 bits per heavy atom. The second-order valence-corrected chi connectivity index (χ2v) is 5.95. The van der Waals surface area contributed by atoms with E-state index in [1.165, 1.54) is 17.0 Å². The van der Waals surface area contributed by atoms with Crippen LogP contribution >= 0.6 is 0 Å². The fourth-order valence-electron chi connectivity index (χ4n) is 2.94. The van der Waals surface area contributed by atoms with E-state index < -0.39 is 17.9 Å². The molecule has 0 bridgehead atoms. The van der Waals surface area contributed by atoms with Crippen LogP contribution in [0.2, 0.25) is 0 Å². The van der Waals surface area contributed by atoms with E-state index in [9.17, 15) is 19.8 Å². The van der Waals surface area contributed by atoms with Gasteiger partial charge in [0.2, 0.25) is 0 Å². The molecule has 1 saturated heterocycles. The normalized spacial score (nSPS) is 16.6. The van der Waals surface area contributed by atoms with Gasteiger partial charge in [0, 0.05) is 12.6 Å². The summed E-state index contributed by atoms with van der Waals surface area (Å²) in [6.45, 7) is 0.576. The van der Waals surface area contributed by atoms with Gasteiger partial charge in [0.15, 0.2) is 0 Å². The van der Waals surface area contributed by atoms with Gasteiger partial charge < -0.3 is 19.8 Å². The van der Waals surface area contributed by atoms with Gasteiger partial charge in [-0.3, -0.25) is 4.79 Å². The van der Waals surface area contributed by atoms with E-state index in [-0.39, 0.29) is 23.7 Å². The van der Waals surface area contributed by atoms with Crippen LogP contribution < -0.4 is 0 Å². The number of ether oxygens (including phenoxy) is 1. The van der Waals surface area contributed by atoms with Crippen molar-refractivity contribution in [2.75, 3.05) is 6.54 Å². The molecule has 6 nitrogen and oxygen atoms in total. The second kappa shape index (κ2) is 7.25. The average molecular weight is 341 g/mol. The summed E-state index contributed by atoms with van der Waals surface area (Å²) in [6, 6.07) is 12.4. The summed E-state index contributed by atoms with van der Waals surface area (Å²) in [7, 11) is 0. The molecule has 0 unspecified atom stereocenters. The zero-order chi connectivity index (χ0) is 17.8. The number of phenols is 2.